The molecule has 0 bridgehead atoms. The predicted octanol–water partition coefficient (Wildman–Crippen LogP) is 2.45. The van der Waals surface area contributed by atoms with E-state index in [-0.39, 0.29) is 30.1 Å². The molecule has 3 rings (SSSR count). The highest BCUT2D eigenvalue weighted by molar-refractivity contribution is 6.02. The van der Waals surface area contributed by atoms with Crippen molar-refractivity contribution in [2.24, 2.45) is 5.92 Å². The summed E-state index contributed by atoms with van der Waals surface area (Å²) < 4.78 is 1.19. The van der Waals surface area contributed by atoms with Crippen molar-refractivity contribution in [3.05, 3.63) is 58.0 Å². The Kier molecular flexibility index (Phi) is 6.23. The Balaban J connectivity index is 1.62. The fraction of sp³-hybridized carbons (Fsp3) is 0.429. The van der Waals surface area contributed by atoms with Gasteiger partial charge >= 0.3 is 0 Å². The van der Waals surface area contributed by atoms with Crippen molar-refractivity contribution in [2.45, 2.75) is 39.7 Å². The smallest absolute Gasteiger partial charge is 0.276 e. The lowest BCUT2D eigenvalue weighted by Crippen LogP contribution is -2.39. The number of carbonyl (C=O) groups excluding carboxylic acids is 2. The first kappa shape index (κ1) is 19.8. The van der Waals surface area contributed by atoms with Crippen molar-refractivity contribution < 1.29 is 9.59 Å². The maximum Gasteiger partial charge on any atom is 0.276 e. The fourth-order valence-electron chi connectivity index (χ4n) is 3.18. The summed E-state index contributed by atoms with van der Waals surface area (Å²) in [5.74, 6) is 0.279. The molecule has 1 N–H and O–H groups in total. The van der Waals surface area contributed by atoms with Crippen LogP contribution in [0.2, 0.25) is 0 Å². The van der Waals surface area contributed by atoms with Crippen molar-refractivity contribution in [1.82, 2.24) is 14.7 Å². The summed E-state index contributed by atoms with van der Waals surface area (Å²) in [4.78, 5) is 38.7. The summed E-state index contributed by atoms with van der Waals surface area (Å²) in [7, 11) is 0. The van der Waals surface area contributed by atoms with Gasteiger partial charge in [0.05, 0.1) is 6.54 Å². The largest absolute Gasteiger partial charge is 0.343 e. The average Bonchev–Trinajstić information content (AvgIpc) is 2.69. The predicted molar refractivity (Wildman–Crippen MR) is 107 cm³/mol. The molecular formula is C21H26N4O3. The van der Waals surface area contributed by atoms with Crippen LogP contribution < -0.4 is 10.9 Å². The third kappa shape index (κ3) is 5.06. The second-order valence-corrected chi connectivity index (χ2v) is 7.41. The molecule has 0 unspecified atom stereocenters. The van der Waals surface area contributed by atoms with E-state index < -0.39 is 5.91 Å². The van der Waals surface area contributed by atoms with Crippen LogP contribution in [0.15, 0.2) is 41.2 Å². The van der Waals surface area contributed by atoms with Crippen molar-refractivity contribution in [1.29, 1.82) is 0 Å². The summed E-state index contributed by atoms with van der Waals surface area (Å²) >= 11 is 0. The Labute approximate surface area is 164 Å². The van der Waals surface area contributed by atoms with Crippen LogP contribution in [0.3, 0.4) is 0 Å². The van der Waals surface area contributed by atoms with Crippen LogP contribution in [0.1, 0.15) is 42.2 Å². The van der Waals surface area contributed by atoms with E-state index in [9.17, 15) is 14.4 Å². The zero-order chi connectivity index (χ0) is 20.1. The number of amides is 2. The second kappa shape index (κ2) is 8.82. The number of aryl methyl sites for hydroxylation is 2. The average molecular weight is 382 g/mol. The molecule has 0 radical (unpaired) electrons. The molecule has 7 heteroatoms. The summed E-state index contributed by atoms with van der Waals surface area (Å²) in [6.45, 7) is 5.85. The Morgan fingerprint density at radius 3 is 2.46 bits per heavy atom. The third-order valence-corrected chi connectivity index (χ3v) is 5.08. The van der Waals surface area contributed by atoms with Crippen LogP contribution in [-0.4, -0.2) is 39.6 Å². The molecular weight excluding hydrogens is 356 g/mol. The van der Waals surface area contributed by atoms with Gasteiger partial charge < -0.3 is 10.2 Å². The van der Waals surface area contributed by atoms with Gasteiger partial charge in [-0.15, -0.1) is 0 Å². The molecule has 7 nitrogen and oxygen atoms in total. The molecule has 0 saturated carbocycles. The van der Waals surface area contributed by atoms with Gasteiger partial charge in [0.15, 0.2) is 0 Å². The lowest BCUT2D eigenvalue weighted by Gasteiger charge is -2.30. The normalized spacial score (nSPS) is 14.7. The summed E-state index contributed by atoms with van der Waals surface area (Å²) in [6, 6.07) is 10.1. The van der Waals surface area contributed by atoms with Gasteiger partial charge in [0.2, 0.25) is 5.91 Å². The maximum absolute atomic E-state index is 12.4. The molecule has 2 aromatic rings. The monoisotopic (exact) mass is 382 g/mol. The van der Waals surface area contributed by atoms with Crippen LogP contribution in [-0.2, 0) is 11.3 Å². The van der Waals surface area contributed by atoms with Gasteiger partial charge in [-0.25, -0.2) is 4.68 Å². The summed E-state index contributed by atoms with van der Waals surface area (Å²) in [6.07, 6.45) is 2.22. The van der Waals surface area contributed by atoms with Crippen molar-refractivity contribution >= 4 is 17.5 Å². The molecule has 148 valence electrons. The van der Waals surface area contributed by atoms with Gasteiger partial charge in [-0.3, -0.25) is 14.4 Å². The molecule has 1 aliphatic rings. The van der Waals surface area contributed by atoms with Gasteiger partial charge in [0.25, 0.3) is 11.5 Å². The van der Waals surface area contributed by atoms with Crippen LogP contribution in [0.5, 0.6) is 0 Å². The molecule has 28 heavy (non-hydrogen) atoms. The molecule has 1 aromatic carbocycles. The Hall–Kier alpha value is -2.96. The molecule has 0 spiro atoms. The van der Waals surface area contributed by atoms with E-state index in [0.717, 1.165) is 31.5 Å². The first-order valence-corrected chi connectivity index (χ1v) is 9.66. The molecule has 1 aliphatic heterocycles. The van der Waals surface area contributed by atoms with E-state index in [1.54, 1.807) is 12.1 Å². The number of likely N-dealkylation sites (tertiary alicyclic amines) is 1. The third-order valence-electron chi connectivity index (χ3n) is 5.08. The quantitative estimate of drug-likeness (QED) is 0.861. The number of piperidine rings is 1. The lowest BCUT2D eigenvalue weighted by atomic mass is 9.99. The summed E-state index contributed by atoms with van der Waals surface area (Å²) in [5, 5.41) is 6.90. The van der Waals surface area contributed by atoms with Gasteiger partial charge in [-0.05, 0) is 43.9 Å². The molecule has 0 atom stereocenters. The highest BCUT2D eigenvalue weighted by atomic mass is 16.2. The van der Waals surface area contributed by atoms with Crippen LogP contribution >= 0.6 is 0 Å². The minimum absolute atomic E-state index is 0.0232. The molecule has 0 aliphatic carbocycles. The minimum Gasteiger partial charge on any atom is -0.343 e. The first-order chi connectivity index (χ1) is 13.4. The Morgan fingerprint density at radius 2 is 1.79 bits per heavy atom. The summed E-state index contributed by atoms with van der Waals surface area (Å²) in [5.41, 5.74) is 1.56. The highest BCUT2D eigenvalue weighted by Gasteiger charge is 2.20. The number of benzene rings is 1. The first-order valence-electron chi connectivity index (χ1n) is 9.66. The number of nitrogens with one attached hydrogen (secondary N) is 1. The molecule has 2 amide bonds. The van der Waals surface area contributed by atoms with Crippen molar-refractivity contribution in [2.75, 3.05) is 18.4 Å². The number of carbonyl (C=O) groups is 2. The standard InChI is InChI=1S/C21H26N4O3/c1-15-3-5-17(6-4-15)22-21(28)18-7-8-20(27)25(23-18)14-11-19(26)24-12-9-16(2)10-13-24/h3-8,16H,9-14H2,1-2H3,(H,22,28). The molecule has 2 heterocycles. The van der Waals surface area contributed by atoms with E-state index in [4.69, 9.17) is 0 Å². The zero-order valence-corrected chi connectivity index (χ0v) is 16.4. The lowest BCUT2D eigenvalue weighted by molar-refractivity contribution is -0.132. The zero-order valence-electron chi connectivity index (χ0n) is 16.4. The van der Waals surface area contributed by atoms with Crippen molar-refractivity contribution in [3.63, 3.8) is 0 Å². The van der Waals surface area contributed by atoms with Gasteiger partial charge in [-0.2, -0.15) is 5.10 Å². The maximum atomic E-state index is 12.4. The molecule has 1 saturated heterocycles. The van der Waals surface area contributed by atoms with E-state index in [2.05, 4.69) is 17.3 Å². The highest BCUT2D eigenvalue weighted by Crippen LogP contribution is 2.16. The van der Waals surface area contributed by atoms with E-state index in [1.807, 2.05) is 24.0 Å². The number of hydrogen-bond donors (Lipinski definition) is 1. The number of anilines is 1. The molecule has 1 aromatic heterocycles. The Bertz CT molecular complexity index is 897. The second-order valence-electron chi connectivity index (χ2n) is 7.41. The van der Waals surface area contributed by atoms with Gasteiger partial charge in [0, 0.05) is 31.3 Å². The Morgan fingerprint density at radius 1 is 1.11 bits per heavy atom. The molecule has 1 fully saturated rings. The van der Waals surface area contributed by atoms with Gasteiger partial charge in [0.1, 0.15) is 5.69 Å². The minimum atomic E-state index is -0.394. The number of nitrogens with zero attached hydrogens (tertiary/aromatic N) is 3. The van der Waals surface area contributed by atoms with E-state index in [1.165, 1.54) is 16.8 Å². The number of aromatic nitrogens is 2. The van der Waals surface area contributed by atoms with E-state index >= 15 is 0 Å². The number of hydrogen-bond acceptors (Lipinski definition) is 4. The van der Waals surface area contributed by atoms with Gasteiger partial charge in [-0.1, -0.05) is 24.6 Å². The van der Waals surface area contributed by atoms with Crippen molar-refractivity contribution in [3.8, 4) is 0 Å². The van der Waals surface area contributed by atoms with Crippen LogP contribution in [0, 0.1) is 12.8 Å². The van der Waals surface area contributed by atoms with E-state index in [0.29, 0.717) is 11.6 Å². The fourth-order valence-corrected chi connectivity index (χ4v) is 3.18. The topological polar surface area (TPSA) is 84.3 Å². The number of rotatable bonds is 5. The van der Waals surface area contributed by atoms with Crippen LogP contribution in [0.25, 0.3) is 0 Å². The SMILES string of the molecule is Cc1ccc(NC(=O)c2ccc(=O)n(CCC(=O)N3CCC(C)CC3)n2)cc1. The van der Waals surface area contributed by atoms with Crippen LogP contribution in [0.4, 0.5) is 5.69 Å².